The molecule has 12 heavy (non-hydrogen) atoms. The van der Waals surface area contributed by atoms with Crippen molar-refractivity contribution in [1.82, 2.24) is 0 Å². The Kier molecular flexibility index (Phi) is 2.55. The lowest BCUT2D eigenvalue weighted by Crippen LogP contribution is -2.05. The molecule has 0 fully saturated rings. The van der Waals surface area contributed by atoms with E-state index in [9.17, 15) is 4.79 Å². The topological polar surface area (TPSA) is 49.3 Å². The Labute approximate surface area is 75.0 Å². The first-order valence-electron chi connectivity index (χ1n) is 3.35. The molecule has 0 aliphatic carbocycles. The van der Waals surface area contributed by atoms with Crippen molar-refractivity contribution in [2.24, 2.45) is 0 Å². The normalized spacial score (nSPS) is 9.50. The quantitative estimate of drug-likeness (QED) is 0.658. The molecule has 3 nitrogen and oxygen atoms in total. The Morgan fingerprint density at radius 2 is 2.25 bits per heavy atom. The molecule has 0 aromatic heterocycles. The molecule has 4 heteroatoms. The molecule has 0 saturated heterocycles. The minimum Gasteiger partial charge on any atom is -0.508 e. The molecule has 0 aliphatic rings. The van der Waals surface area contributed by atoms with Crippen LogP contribution in [0, 0.1) is 0 Å². The number of phenolic OH excluding ortho intramolecular Hbond substituents is 1. The summed E-state index contributed by atoms with van der Waals surface area (Å²) in [6.07, 6.45) is 0. The molecule has 2 N–H and O–H groups in total. The first-order chi connectivity index (χ1) is 5.59. The Morgan fingerprint density at radius 3 is 2.75 bits per heavy atom. The van der Waals surface area contributed by atoms with E-state index in [0.29, 0.717) is 10.7 Å². The minimum atomic E-state index is -0.192. The van der Waals surface area contributed by atoms with E-state index in [0.717, 1.165) is 0 Å². The van der Waals surface area contributed by atoms with Crippen LogP contribution in [0.1, 0.15) is 6.92 Å². The molecule has 1 amide bonds. The van der Waals surface area contributed by atoms with Gasteiger partial charge in [0, 0.05) is 13.0 Å². The average Bonchev–Trinajstić information content (AvgIpc) is 1.94. The van der Waals surface area contributed by atoms with Gasteiger partial charge in [-0.25, -0.2) is 0 Å². The molecule has 0 atom stereocenters. The van der Waals surface area contributed by atoms with Crippen LogP contribution >= 0.6 is 11.6 Å². The van der Waals surface area contributed by atoms with Crippen molar-refractivity contribution in [3.05, 3.63) is 23.2 Å². The number of halogens is 1. The van der Waals surface area contributed by atoms with E-state index in [1.54, 1.807) is 6.07 Å². The van der Waals surface area contributed by atoms with Crippen LogP contribution in [0.15, 0.2) is 18.2 Å². The largest absolute Gasteiger partial charge is 0.508 e. The maximum Gasteiger partial charge on any atom is 0.221 e. The van der Waals surface area contributed by atoms with Crippen molar-refractivity contribution < 1.29 is 9.90 Å². The van der Waals surface area contributed by atoms with Gasteiger partial charge in [-0.2, -0.15) is 0 Å². The molecule has 0 saturated carbocycles. The molecule has 64 valence electrons. The molecule has 0 spiro atoms. The highest BCUT2D eigenvalue weighted by atomic mass is 35.5. The second-order valence-corrected chi connectivity index (χ2v) is 2.75. The highest BCUT2D eigenvalue weighted by Crippen LogP contribution is 2.25. The molecular weight excluding hydrogens is 178 g/mol. The molecule has 0 radical (unpaired) electrons. The van der Waals surface area contributed by atoms with Gasteiger partial charge in [0.2, 0.25) is 5.91 Å². The fourth-order valence-corrected chi connectivity index (χ4v) is 1.02. The standard InChI is InChI=1S/C8H8ClNO2/c1-5(11)10-8-3-2-6(12)4-7(8)9/h2-4,12H,1H3,(H,10,11). The van der Waals surface area contributed by atoms with Crippen molar-refractivity contribution in [2.45, 2.75) is 6.92 Å². The van der Waals surface area contributed by atoms with Crippen LogP contribution in [0.2, 0.25) is 5.02 Å². The third-order valence-electron chi connectivity index (χ3n) is 1.26. The van der Waals surface area contributed by atoms with Crippen LogP contribution < -0.4 is 5.32 Å². The van der Waals surface area contributed by atoms with Crippen LogP contribution in [0.5, 0.6) is 5.75 Å². The molecule has 0 aliphatic heterocycles. The zero-order valence-electron chi connectivity index (χ0n) is 6.47. The highest BCUT2D eigenvalue weighted by Gasteiger charge is 2.01. The molecule has 0 unspecified atom stereocenters. The molecule has 1 aromatic rings. The summed E-state index contributed by atoms with van der Waals surface area (Å²) >= 11 is 5.70. The Hall–Kier alpha value is -1.22. The molecule has 0 bridgehead atoms. The number of carbonyl (C=O) groups is 1. The molecule has 1 rings (SSSR count). The third kappa shape index (κ3) is 2.13. The number of aromatic hydroxyl groups is 1. The van der Waals surface area contributed by atoms with Crippen molar-refractivity contribution in [3.63, 3.8) is 0 Å². The van der Waals surface area contributed by atoms with Gasteiger partial charge in [0.15, 0.2) is 0 Å². The maximum absolute atomic E-state index is 10.6. The number of carbonyl (C=O) groups excluding carboxylic acids is 1. The number of nitrogens with one attached hydrogen (secondary N) is 1. The van der Waals surface area contributed by atoms with Crippen molar-refractivity contribution >= 4 is 23.2 Å². The van der Waals surface area contributed by atoms with E-state index >= 15 is 0 Å². The lowest BCUT2D eigenvalue weighted by atomic mass is 10.3. The van der Waals surface area contributed by atoms with E-state index in [2.05, 4.69) is 5.32 Å². The number of hydrogen-bond acceptors (Lipinski definition) is 2. The summed E-state index contributed by atoms with van der Waals surface area (Å²) in [5, 5.41) is 11.8. The zero-order valence-corrected chi connectivity index (χ0v) is 7.22. The summed E-state index contributed by atoms with van der Waals surface area (Å²) in [4.78, 5) is 10.6. The average molecular weight is 186 g/mol. The summed E-state index contributed by atoms with van der Waals surface area (Å²) in [6.45, 7) is 1.39. The van der Waals surface area contributed by atoms with E-state index in [-0.39, 0.29) is 11.7 Å². The predicted molar refractivity (Wildman–Crippen MR) is 47.4 cm³/mol. The molecule has 1 aromatic carbocycles. The van der Waals surface area contributed by atoms with Gasteiger partial charge >= 0.3 is 0 Å². The van der Waals surface area contributed by atoms with Gasteiger partial charge in [-0.3, -0.25) is 4.79 Å². The molecular formula is C8H8ClNO2. The summed E-state index contributed by atoms with van der Waals surface area (Å²) in [5.74, 6) is -0.114. The second kappa shape index (κ2) is 3.45. The van der Waals surface area contributed by atoms with Crippen molar-refractivity contribution in [3.8, 4) is 5.75 Å². The first kappa shape index (κ1) is 8.87. The number of anilines is 1. The van der Waals surface area contributed by atoms with Gasteiger partial charge in [-0.15, -0.1) is 0 Å². The smallest absolute Gasteiger partial charge is 0.221 e. The van der Waals surface area contributed by atoms with E-state index in [4.69, 9.17) is 16.7 Å². The number of phenols is 1. The number of hydrogen-bond donors (Lipinski definition) is 2. The number of amides is 1. The number of benzene rings is 1. The maximum atomic E-state index is 10.6. The highest BCUT2D eigenvalue weighted by molar-refractivity contribution is 6.33. The Morgan fingerprint density at radius 1 is 1.58 bits per heavy atom. The molecule has 0 heterocycles. The summed E-state index contributed by atoms with van der Waals surface area (Å²) in [6, 6.07) is 4.36. The van der Waals surface area contributed by atoms with Crippen LogP contribution in [-0.4, -0.2) is 11.0 Å². The van der Waals surface area contributed by atoms with Crippen LogP contribution in [0.3, 0.4) is 0 Å². The summed E-state index contributed by atoms with van der Waals surface area (Å²) in [7, 11) is 0. The van der Waals surface area contributed by atoms with E-state index in [1.807, 2.05) is 0 Å². The van der Waals surface area contributed by atoms with E-state index < -0.39 is 0 Å². The van der Waals surface area contributed by atoms with Gasteiger partial charge in [0.05, 0.1) is 10.7 Å². The summed E-state index contributed by atoms with van der Waals surface area (Å²) < 4.78 is 0. The van der Waals surface area contributed by atoms with E-state index in [1.165, 1.54) is 19.1 Å². The fourth-order valence-electron chi connectivity index (χ4n) is 0.795. The van der Waals surface area contributed by atoms with Gasteiger partial charge in [0.1, 0.15) is 5.75 Å². The van der Waals surface area contributed by atoms with Crippen LogP contribution in [-0.2, 0) is 4.79 Å². The monoisotopic (exact) mass is 185 g/mol. The van der Waals surface area contributed by atoms with Crippen molar-refractivity contribution in [1.29, 1.82) is 0 Å². The minimum absolute atomic E-state index is 0.0779. The van der Waals surface area contributed by atoms with Crippen molar-refractivity contribution in [2.75, 3.05) is 5.32 Å². The lowest BCUT2D eigenvalue weighted by Gasteiger charge is -2.03. The number of rotatable bonds is 1. The Balaban J connectivity index is 2.93. The summed E-state index contributed by atoms with van der Waals surface area (Å²) in [5.41, 5.74) is 0.502. The van der Waals surface area contributed by atoms with Gasteiger partial charge < -0.3 is 10.4 Å². The third-order valence-corrected chi connectivity index (χ3v) is 1.58. The van der Waals surface area contributed by atoms with Crippen LogP contribution in [0.25, 0.3) is 0 Å². The fraction of sp³-hybridized carbons (Fsp3) is 0.125. The van der Waals surface area contributed by atoms with Gasteiger partial charge in [-0.05, 0) is 12.1 Å². The first-order valence-corrected chi connectivity index (χ1v) is 3.73. The second-order valence-electron chi connectivity index (χ2n) is 2.35. The lowest BCUT2D eigenvalue weighted by molar-refractivity contribution is -0.114. The van der Waals surface area contributed by atoms with Gasteiger partial charge in [-0.1, -0.05) is 11.6 Å². The van der Waals surface area contributed by atoms with Crippen LogP contribution in [0.4, 0.5) is 5.69 Å². The zero-order chi connectivity index (χ0) is 9.14. The Bertz CT molecular complexity index is 312. The predicted octanol–water partition coefficient (Wildman–Crippen LogP) is 2.00. The van der Waals surface area contributed by atoms with Gasteiger partial charge in [0.25, 0.3) is 0 Å². The SMILES string of the molecule is CC(=O)Nc1ccc(O)cc1Cl.